The zero-order valence-electron chi connectivity index (χ0n) is 35.5. The molecule has 1 aliphatic carbocycles. The number of ether oxygens (including phenoxy) is 1. The molecule has 3 saturated heterocycles. The van der Waals surface area contributed by atoms with Gasteiger partial charge in [-0.3, -0.25) is 34.4 Å². The van der Waals surface area contributed by atoms with Gasteiger partial charge in [-0.25, -0.2) is 4.52 Å². The van der Waals surface area contributed by atoms with E-state index in [2.05, 4.69) is 80.1 Å². The average Bonchev–Trinajstić information content (AvgIpc) is 3.76. The quantitative estimate of drug-likeness (QED) is 0.111. The lowest BCUT2D eigenvalue weighted by molar-refractivity contribution is -0.134. The number of nitrogens with zero attached hydrogens (tertiary/aromatic N) is 7. The zero-order valence-corrected chi connectivity index (χ0v) is 35.5. The summed E-state index contributed by atoms with van der Waals surface area (Å²) in [4.78, 5) is 59.8. The van der Waals surface area contributed by atoms with Crippen LogP contribution in [0.4, 0.5) is 11.4 Å². The van der Waals surface area contributed by atoms with Gasteiger partial charge in [0, 0.05) is 84.2 Å². The minimum Gasteiger partial charge on any atom is -0.467 e. The molecule has 14 nitrogen and oxygen atoms in total. The molecule has 1 saturated carbocycles. The molecule has 1 unspecified atom stereocenters. The summed E-state index contributed by atoms with van der Waals surface area (Å²) in [6, 6.07) is 24.9. The Bertz CT molecular complexity index is 2490. The van der Waals surface area contributed by atoms with Crippen molar-refractivity contribution >= 4 is 41.1 Å². The second-order valence-electron chi connectivity index (χ2n) is 17.5. The van der Waals surface area contributed by atoms with E-state index < -0.39 is 6.04 Å². The predicted octanol–water partition coefficient (Wildman–Crippen LogP) is 6.06. The van der Waals surface area contributed by atoms with E-state index in [-0.39, 0.29) is 23.1 Å². The van der Waals surface area contributed by atoms with Crippen molar-refractivity contribution in [3.8, 4) is 28.3 Å². The van der Waals surface area contributed by atoms with Crippen LogP contribution in [0.2, 0.25) is 0 Å². The van der Waals surface area contributed by atoms with E-state index in [0.717, 1.165) is 110 Å². The van der Waals surface area contributed by atoms with Gasteiger partial charge in [0.25, 0.3) is 6.47 Å². The number of hydrogen-bond donors (Lipinski definition) is 2. The number of aromatic nitrogens is 3. The number of carbonyl (C=O) groups excluding carboxylic acids is 4. The Labute approximate surface area is 367 Å². The first kappa shape index (κ1) is 41.7. The van der Waals surface area contributed by atoms with Crippen LogP contribution in [0.1, 0.15) is 80.5 Å². The van der Waals surface area contributed by atoms with Gasteiger partial charge < -0.3 is 19.9 Å². The highest BCUT2D eigenvalue weighted by atomic mass is 16.5. The van der Waals surface area contributed by atoms with E-state index in [4.69, 9.17) is 9.72 Å². The summed E-state index contributed by atoms with van der Waals surface area (Å²) in [5.41, 5.74) is 8.82. The van der Waals surface area contributed by atoms with Crippen LogP contribution in [0.15, 0.2) is 85.3 Å². The van der Waals surface area contributed by atoms with Gasteiger partial charge in [-0.1, -0.05) is 49.6 Å². The number of amides is 3. The molecule has 4 aliphatic rings. The smallest absolute Gasteiger partial charge is 0.293 e. The summed E-state index contributed by atoms with van der Waals surface area (Å²) in [6.45, 7) is 5.89. The highest BCUT2D eigenvalue weighted by molar-refractivity contribution is 6.01. The summed E-state index contributed by atoms with van der Waals surface area (Å²) >= 11 is 0. The molecule has 3 aliphatic heterocycles. The normalized spacial score (nSPS) is 19.6. The monoisotopic (exact) mass is 847 g/mol. The fourth-order valence-corrected chi connectivity index (χ4v) is 10.0. The van der Waals surface area contributed by atoms with Crippen molar-refractivity contribution in [2.75, 3.05) is 62.6 Å². The summed E-state index contributed by atoms with van der Waals surface area (Å²) in [7, 11) is 0. The zero-order chi connectivity index (χ0) is 43.3. The molecule has 0 bridgehead atoms. The van der Waals surface area contributed by atoms with Gasteiger partial charge in [-0.15, -0.1) is 0 Å². The molecule has 9 rings (SSSR count). The minimum absolute atomic E-state index is 0.182. The van der Waals surface area contributed by atoms with Crippen LogP contribution in [0.3, 0.4) is 0 Å². The van der Waals surface area contributed by atoms with E-state index in [1.807, 2.05) is 35.5 Å². The van der Waals surface area contributed by atoms with Crippen LogP contribution in [0, 0.1) is 11.3 Å². The Morgan fingerprint density at radius 1 is 0.889 bits per heavy atom. The molecule has 4 fully saturated rings. The van der Waals surface area contributed by atoms with Gasteiger partial charge in [-0.05, 0) is 98.6 Å². The number of carbonyl (C=O) groups is 4. The summed E-state index contributed by atoms with van der Waals surface area (Å²) in [6.07, 6.45) is 13.4. The maximum absolute atomic E-state index is 13.5. The van der Waals surface area contributed by atoms with Crippen molar-refractivity contribution in [3.63, 3.8) is 0 Å². The second-order valence-corrected chi connectivity index (χ2v) is 17.5. The Kier molecular flexibility index (Phi) is 12.2. The molecular weight excluding hydrogens is 795 g/mol. The summed E-state index contributed by atoms with van der Waals surface area (Å²) < 4.78 is 7.08. The lowest BCUT2D eigenvalue weighted by atomic mass is 9.72. The van der Waals surface area contributed by atoms with Gasteiger partial charge in [-0.2, -0.15) is 10.4 Å². The van der Waals surface area contributed by atoms with E-state index in [0.29, 0.717) is 57.0 Å². The number of piperazine rings is 1. The van der Waals surface area contributed by atoms with Gasteiger partial charge in [0.05, 0.1) is 23.8 Å². The molecule has 324 valence electrons. The van der Waals surface area contributed by atoms with E-state index in [1.165, 1.54) is 12.0 Å². The van der Waals surface area contributed by atoms with Crippen LogP contribution in [-0.2, 0) is 29.3 Å². The number of imide groups is 1. The van der Waals surface area contributed by atoms with Crippen LogP contribution in [0.25, 0.3) is 27.8 Å². The van der Waals surface area contributed by atoms with Crippen LogP contribution < -0.4 is 15.5 Å². The van der Waals surface area contributed by atoms with Crippen molar-refractivity contribution < 1.29 is 23.9 Å². The number of likely N-dealkylation sites (tertiary alicyclic amines) is 1. The molecule has 63 heavy (non-hydrogen) atoms. The Hall–Kier alpha value is -6.59. The first-order valence-corrected chi connectivity index (χ1v) is 22.3. The van der Waals surface area contributed by atoms with Gasteiger partial charge in [0.2, 0.25) is 17.7 Å². The minimum atomic E-state index is -0.399. The summed E-state index contributed by atoms with van der Waals surface area (Å²) in [5, 5.41) is 20.2. The Morgan fingerprint density at radius 2 is 1.63 bits per heavy atom. The van der Waals surface area contributed by atoms with Crippen molar-refractivity contribution in [2.24, 2.45) is 0 Å². The Morgan fingerprint density at radius 3 is 2.32 bits per heavy atom. The topological polar surface area (TPSA) is 165 Å². The molecule has 5 aromatic rings. The first-order chi connectivity index (χ1) is 30.8. The average molecular weight is 848 g/mol. The highest BCUT2D eigenvalue weighted by Crippen LogP contribution is 2.40. The molecule has 14 heteroatoms. The second kappa shape index (κ2) is 18.4. The van der Waals surface area contributed by atoms with Crippen LogP contribution >= 0.6 is 0 Å². The lowest BCUT2D eigenvalue weighted by Gasteiger charge is -2.38. The van der Waals surface area contributed by atoms with Crippen LogP contribution in [-0.4, -0.2) is 107 Å². The van der Waals surface area contributed by atoms with E-state index >= 15 is 0 Å². The number of nitrogens with one attached hydrogen (secondary N) is 2. The van der Waals surface area contributed by atoms with Gasteiger partial charge in [0.1, 0.15) is 18.7 Å². The number of hydrogen-bond acceptors (Lipinski definition) is 11. The predicted molar refractivity (Wildman–Crippen MR) is 239 cm³/mol. The van der Waals surface area contributed by atoms with Crippen molar-refractivity contribution in [1.82, 2.24) is 29.7 Å². The third kappa shape index (κ3) is 9.02. The number of fused-ring (bicyclic) bond motifs is 1. The third-order valence-corrected chi connectivity index (χ3v) is 13.7. The number of nitriles is 1. The maximum Gasteiger partial charge on any atom is 0.293 e. The molecule has 1 atom stereocenters. The van der Waals surface area contributed by atoms with E-state index in [1.54, 1.807) is 10.7 Å². The molecule has 0 radical (unpaired) electrons. The van der Waals surface area contributed by atoms with Gasteiger partial charge >= 0.3 is 0 Å². The highest BCUT2D eigenvalue weighted by Gasteiger charge is 2.36. The number of rotatable bonds is 12. The SMILES string of the molecule is N#Cc1cnn2cc(-c3ccc(N4CCN(C(=O)CN5CCC(c6ccc(NC7CCC(=O)NC7=O)cc6)CC5)CC4)cc3)cc(-c3ccc(C4(COC=O)CCCCC4)nc3)c12. The van der Waals surface area contributed by atoms with Crippen molar-refractivity contribution in [3.05, 3.63) is 102 Å². The number of piperidine rings is 2. The largest absolute Gasteiger partial charge is 0.467 e. The molecule has 0 spiro atoms. The fourth-order valence-electron chi connectivity index (χ4n) is 10.0. The number of pyridine rings is 2. The standard InChI is InChI=1S/C49H53N9O5/c50-27-39-29-52-58-30-38(26-42(47(39)58)37-8-14-44(51-28-37)49(32-63-33-59)18-2-1-3-19-49)35-6-11-41(12-7-35)56-22-24-57(25-23-56)46(61)31-55-20-16-36(17-21-55)34-4-9-40(10-5-34)53-43-13-15-45(60)54-48(43)62/h4-12,14,26,28-30,33,36,43,53H,1-3,13,15-25,31-32H2,(H,54,60,62). The molecule has 6 heterocycles. The lowest BCUT2D eigenvalue weighted by Crippen LogP contribution is -2.51. The molecule has 3 amide bonds. The fraction of sp³-hybridized carbons (Fsp3) is 0.408. The third-order valence-electron chi connectivity index (χ3n) is 13.7. The Balaban J connectivity index is 0.790. The van der Waals surface area contributed by atoms with E-state index in [9.17, 15) is 24.4 Å². The van der Waals surface area contributed by atoms with Gasteiger partial charge in [0.15, 0.2) is 0 Å². The maximum atomic E-state index is 13.5. The number of benzene rings is 2. The molecule has 2 N–H and O–H groups in total. The number of anilines is 2. The molecule has 3 aromatic heterocycles. The molecular formula is C49H53N9O5. The first-order valence-electron chi connectivity index (χ1n) is 22.3. The van der Waals surface area contributed by atoms with Crippen molar-refractivity contribution in [2.45, 2.75) is 75.2 Å². The molecule has 2 aromatic carbocycles. The van der Waals surface area contributed by atoms with Crippen molar-refractivity contribution in [1.29, 1.82) is 5.26 Å². The summed E-state index contributed by atoms with van der Waals surface area (Å²) in [5.74, 6) is 0.115. The van der Waals surface area contributed by atoms with Crippen LogP contribution in [0.5, 0.6) is 0 Å².